The molecule has 0 N–H and O–H groups in total. The number of aromatic nitrogens is 5. The van der Waals surface area contributed by atoms with Gasteiger partial charge in [-0.3, -0.25) is 0 Å². The summed E-state index contributed by atoms with van der Waals surface area (Å²) in [7, 11) is 0. The van der Waals surface area contributed by atoms with Crippen molar-refractivity contribution in [3.8, 4) is 0 Å². The van der Waals surface area contributed by atoms with Crippen molar-refractivity contribution < 1.29 is 0 Å². The SMILES string of the molecule is CCCn1ncnc1Cn1ccnc1C. The van der Waals surface area contributed by atoms with Crippen LogP contribution in [0.5, 0.6) is 0 Å². The standard InChI is InChI=1S/C10H15N5/c1-3-5-15-10(12-8-13-15)7-14-6-4-11-9(14)2/h4,6,8H,3,5,7H2,1-2H3. The lowest BCUT2D eigenvalue weighted by Crippen LogP contribution is -2.10. The Labute approximate surface area is 88.8 Å². The van der Waals surface area contributed by atoms with E-state index >= 15 is 0 Å². The molecule has 80 valence electrons. The first-order valence-corrected chi connectivity index (χ1v) is 5.15. The summed E-state index contributed by atoms with van der Waals surface area (Å²) in [6.45, 7) is 5.78. The third-order valence-electron chi connectivity index (χ3n) is 2.37. The summed E-state index contributed by atoms with van der Waals surface area (Å²) in [6, 6.07) is 0. The zero-order valence-corrected chi connectivity index (χ0v) is 9.09. The molecule has 0 spiro atoms. The van der Waals surface area contributed by atoms with Gasteiger partial charge in [0.1, 0.15) is 18.0 Å². The summed E-state index contributed by atoms with van der Waals surface area (Å²) in [4.78, 5) is 8.43. The van der Waals surface area contributed by atoms with Gasteiger partial charge in [0, 0.05) is 18.9 Å². The van der Waals surface area contributed by atoms with Crippen LogP contribution >= 0.6 is 0 Å². The molecule has 5 nitrogen and oxygen atoms in total. The molecule has 0 aromatic carbocycles. The van der Waals surface area contributed by atoms with E-state index in [1.165, 1.54) is 0 Å². The fourth-order valence-electron chi connectivity index (χ4n) is 1.53. The highest BCUT2D eigenvalue weighted by atomic mass is 15.3. The number of hydrogen-bond donors (Lipinski definition) is 0. The second-order valence-electron chi connectivity index (χ2n) is 3.50. The largest absolute Gasteiger partial charge is 0.328 e. The molecule has 0 atom stereocenters. The smallest absolute Gasteiger partial charge is 0.146 e. The second-order valence-corrected chi connectivity index (χ2v) is 3.50. The molecule has 0 radical (unpaired) electrons. The zero-order chi connectivity index (χ0) is 10.7. The molecule has 2 heterocycles. The monoisotopic (exact) mass is 205 g/mol. The van der Waals surface area contributed by atoms with Crippen LogP contribution in [0.4, 0.5) is 0 Å². The first-order chi connectivity index (χ1) is 7.31. The first kappa shape index (κ1) is 9.89. The molecule has 2 rings (SSSR count). The van der Waals surface area contributed by atoms with Crippen LogP contribution in [-0.2, 0) is 13.1 Å². The van der Waals surface area contributed by atoms with Crippen LogP contribution in [0.3, 0.4) is 0 Å². The van der Waals surface area contributed by atoms with Gasteiger partial charge in [-0.05, 0) is 13.3 Å². The summed E-state index contributed by atoms with van der Waals surface area (Å²) >= 11 is 0. The Morgan fingerprint density at radius 2 is 2.20 bits per heavy atom. The summed E-state index contributed by atoms with van der Waals surface area (Å²) in [5.74, 6) is 1.99. The van der Waals surface area contributed by atoms with Crippen LogP contribution in [0, 0.1) is 6.92 Å². The van der Waals surface area contributed by atoms with E-state index in [0.29, 0.717) is 0 Å². The lowest BCUT2D eigenvalue weighted by Gasteiger charge is -2.06. The predicted molar refractivity (Wildman–Crippen MR) is 56.4 cm³/mol. The molecule has 0 aliphatic rings. The Kier molecular flexibility index (Phi) is 2.80. The van der Waals surface area contributed by atoms with Gasteiger partial charge in [-0.25, -0.2) is 14.6 Å². The van der Waals surface area contributed by atoms with Crippen molar-refractivity contribution in [2.75, 3.05) is 0 Å². The molecule has 0 aliphatic carbocycles. The highest BCUT2D eigenvalue weighted by Gasteiger charge is 2.05. The van der Waals surface area contributed by atoms with Crippen molar-refractivity contribution in [3.05, 3.63) is 30.4 Å². The zero-order valence-electron chi connectivity index (χ0n) is 9.09. The number of nitrogens with zero attached hydrogens (tertiary/aromatic N) is 5. The maximum absolute atomic E-state index is 4.25. The van der Waals surface area contributed by atoms with Gasteiger partial charge < -0.3 is 4.57 Å². The van der Waals surface area contributed by atoms with Gasteiger partial charge in [0.05, 0.1) is 6.54 Å². The van der Waals surface area contributed by atoms with Crippen molar-refractivity contribution in [3.63, 3.8) is 0 Å². The van der Waals surface area contributed by atoms with Crippen molar-refractivity contribution in [1.82, 2.24) is 24.3 Å². The third-order valence-corrected chi connectivity index (χ3v) is 2.37. The van der Waals surface area contributed by atoms with Gasteiger partial charge in [-0.15, -0.1) is 0 Å². The van der Waals surface area contributed by atoms with Crippen LogP contribution in [0.2, 0.25) is 0 Å². The van der Waals surface area contributed by atoms with E-state index < -0.39 is 0 Å². The summed E-state index contributed by atoms with van der Waals surface area (Å²) in [5.41, 5.74) is 0. The Morgan fingerprint density at radius 1 is 1.33 bits per heavy atom. The van der Waals surface area contributed by atoms with Crippen molar-refractivity contribution >= 4 is 0 Å². The Morgan fingerprint density at radius 3 is 2.87 bits per heavy atom. The molecule has 0 aliphatic heterocycles. The Balaban J connectivity index is 2.17. The quantitative estimate of drug-likeness (QED) is 0.754. The lowest BCUT2D eigenvalue weighted by molar-refractivity contribution is 0.551. The maximum Gasteiger partial charge on any atom is 0.146 e. The molecule has 0 amide bonds. The Bertz CT molecular complexity index is 428. The topological polar surface area (TPSA) is 48.5 Å². The van der Waals surface area contributed by atoms with E-state index in [4.69, 9.17) is 0 Å². The average molecular weight is 205 g/mol. The normalized spacial score (nSPS) is 10.8. The van der Waals surface area contributed by atoms with E-state index in [1.807, 2.05) is 17.8 Å². The number of rotatable bonds is 4. The molecule has 0 saturated heterocycles. The summed E-state index contributed by atoms with van der Waals surface area (Å²) in [5, 5.41) is 4.19. The van der Waals surface area contributed by atoms with E-state index in [0.717, 1.165) is 31.2 Å². The summed E-state index contributed by atoms with van der Waals surface area (Å²) < 4.78 is 4.01. The molecular weight excluding hydrogens is 190 g/mol. The van der Waals surface area contributed by atoms with Gasteiger partial charge in [0.25, 0.3) is 0 Å². The van der Waals surface area contributed by atoms with Crippen molar-refractivity contribution in [1.29, 1.82) is 0 Å². The van der Waals surface area contributed by atoms with E-state index in [9.17, 15) is 0 Å². The molecule has 2 aromatic heterocycles. The van der Waals surface area contributed by atoms with Crippen molar-refractivity contribution in [2.45, 2.75) is 33.4 Å². The first-order valence-electron chi connectivity index (χ1n) is 5.15. The minimum Gasteiger partial charge on any atom is -0.328 e. The van der Waals surface area contributed by atoms with Crippen molar-refractivity contribution in [2.24, 2.45) is 0 Å². The van der Waals surface area contributed by atoms with Gasteiger partial charge >= 0.3 is 0 Å². The minimum atomic E-state index is 0.742. The molecular formula is C10H15N5. The molecule has 0 bridgehead atoms. The lowest BCUT2D eigenvalue weighted by atomic mass is 10.4. The predicted octanol–water partition coefficient (Wildman–Crippen LogP) is 1.24. The molecule has 5 heteroatoms. The second kappa shape index (κ2) is 4.25. The summed E-state index contributed by atoms with van der Waals surface area (Å²) in [6.07, 6.45) is 6.44. The number of aryl methyl sites for hydroxylation is 2. The molecule has 0 unspecified atom stereocenters. The van der Waals surface area contributed by atoms with Gasteiger partial charge in [0.2, 0.25) is 0 Å². The van der Waals surface area contributed by atoms with Gasteiger partial charge in [0.15, 0.2) is 0 Å². The molecule has 0 saturated carbocycles. The van der Waals surface area contributed by atoms with Crippen LogP contribution in [-0.4, -0.2) is 24.3 Å². The van der Waals surface area contributed by atoms with Crippen LogP contribution in [0.25, 0.3) is 0 Å². The third kappa shape index (κ3) is 2.06. The Hall–Kier alpha value is -1.65. The fourth-order valence-corrected chi connectivity index (χ4v) is 1.53. The number of hydrogen-bond acceptors (Lipinski definition) is 3. The maximum atomic E-state index is 4.25. The molecule has 0 fully saturated rings. The highest BCUT2D eigenvalue weighted by molar-refractivity contribution is 4.94. The van der Waals surface area contributed by atoms with Gasteiger partial charge in [-0.2, -0.15) is 5.10 Å². The molecule has 15 heavy (non-hydrogen) atoms. The van der Waals surface area contributed by atoms with Crippen LogP contribution < -0.4 is 0 Å². The average Bonchev–Trinajstić information content (AvgIpc) is 2.80. The minimum absolute atomic E-state index is 0.742. The fraction of sp³-hybridized carbons (Fsp3) is 0.500. The molecule has 2 aromatic rings. The van der Waals surface area contributed by atoms with Crippen LogP contribution in [0.1, 0.15) is 25.0 Å². The highest BCUT2D eigenvalue weighted by Crippen LogP contribution is 2.02. The van der Waals surface area contributed by atoms with Gasteiger partial charge in [-0.1, -0.05) is 6.92 Å². The van der Waals surface area contributed by atoms with E-state index in [2.05, 4.69) is 26.6 Å². The van der Waals surface area contributed by atoms with E-state index in [-0.39, 0.29) is 0 Å². The number of imidazole rings is 1. The van der Waals surface area contributed by atoms with Crippen LogP contribution in [0.15, 0.2) is 18.7 Å². The van der Waals surface area contributed by atoms with E-state index in [1.54, 1.807) is 12.5 Å².